The molecule has 0 saturated carbocycles. The quantitative estimate of drug-likeness (QED) is 0.515. The van der Waals surface area contributed by atoms with Crippen molar-refractivity contribution < 1.29 is 18.0 Å². The zero-order chi connectivity index (χ0) is 18.1. The van der Waals surface area contributed by atoms with Crippen LogP contribution in [0, 0.1) is 12.7 Å². The number of hydrogen-bond donors (Lipinski definition) is 0. The summed E-state index contributed by atoms with van der Waals surface area (Å²) in [5.74, 6) is 0.381. The van der Waals surface area contributed by atoms with Crippen LogP contribution in [0.4, 0.5) is 4.39 Å². The van der Waals surface area contributed by atoms with Crippen molar-refractivity contribution >= 4 is 11.0 Å². The number of benzene rings is 2. The number of rotatable bonds is 4. The molecule has 2 aromatic carbocycles. The van der Waals surface area contributed by atoms with E-state index in [0.29, 0.717) is 16.7 Å². The van der Waals surface area contributed by atoms with Crippen LogP contribution in [0.15, 0.2) is 74.5 Å². The van der Waals surface area contributed by atoms with E-state index in [1.54, 1.807) is 36.4 Å². The topological polar surface area (TPSA) is 52.6 Å². The molecular weight excluding hydrogens is 335 g/mol. The summed E-state index contributed by atoms with van der Waals surface area (Å²) < 4.78 is 30.1. The molecule has 0 aliphatic rings. The van der Waals surface area contributed by atoms with E-state index >= 15 is 0 Å². The van der Waals surface area contributed by atoms with Gasteiger partial charge >= 0.3 is 0 Å². The summed E-state index contributed by atoms with van der Waals surface area (Å²) in [6.45, 7) is 2.03. The lowest BCUT2D eigenvalue weighted by molar-refractivity contribution is 0.296. The van der Waals surface area contributed by atoms with Crippen LogP contribution in [0.25, 0.3) is 22.5 Å². The number of furan rings is 1. The SMILES string of the molecule is Cc1ccc2c(=O)c(OCc3ccc(F)cc3)c(-c3ccco3)oc2c1. The average molecular weight is 350 g/mol. The summed E-state index contributed by atoms with van der Waals surface area (Å²) in [5.41, 5.74) is 1.90. The highest BCUT2D eigenvalue weighted by molar-refractivity contribution is 5.81. The first-order valence-corrected chi connectivity index (χ1v) is 8.10. The van der Waals surface area contributed by atoms with Gasteiger partial charge < -0.3 is 13.6 Å². The van der Waals surface area contributed by atoms with Gasteiger partial charge in [-0.25, -0.2) is 4.39 Å². The first-order chi connectivity index (χ1) is 12.6. The van der Waals surface area contributed by atoms with Crippen molar-refractivity contribution in [1.29, 1.82) is 0 Å². The van der Waals surface area contributed by atoms with Crippen LogP contribution < -0.4 is 10.2 Å². The molecule has 0 radical (unpaired) electrons. The smallest absolute Gasteiger partial charge is 0.235 e. The predicted octanol–water partition coefficient (Wildman–Crippen LogP) is 5.08. The highest BCUT2D eigenvalue weighted by Crippen LogP contribution is 2.32. The Hall–Kier alpha value is -3.34. The normalized spacial score (nSPS) is 11.0. The third-order valence-corrected chi connectivity index (χ3v) is 4.05. The molecule has 4 nitrogen and oxygen atoms in total. The molecule has 0 amide bonds. The minimum atomic E-state index is -0.328. The summed E-state index contributed by atoms with van der Waals surface area (Å²) in [6, 6.07) is 14.7. The Labute approximate surface area is 148 Å². The second-order valence-electron chi connectivity index (χ2n) is 5.98. The maximum Gasteiger partial charge on any atom is 0.235 e. The van der Waals surface area contributed by atoms with Gasteiger partial charge in [0.1, 0.15) is 18.0 Å². The number of hydrogen-bond acceptors (Lipinski definition) is 4. The Morgan fingerprint density at radius 1 is 1.08 bits per heavy atom. The highest BCUT2D eigenvalue weighted by atomic mass is 19.1. The van der Waals surface area contributed by atoms with E-state index in [9.17, 15) is 9.18 Å². The van der Waals surface area contributed by atoms with Gasteiger partial charge in [-0.1, -0.05) is 18.2 Å². The standard InChI is InChI=1S/C21H15FO4/c1-13-4-9-16-18(11-13)26-20(17-3-2-10-24-17)21(19(16)23)25-12-14-5-7-15(22)8-6-14/h2-11H,12H2,1H3. The molecule has 5 heteroatoms. The minimum Gasteiger partial charge on any atom is -0.481 e. The second kappa shape index (κ2) is 6.52. The molecule has 26 heavy (non-hydrogen) atoms. The second-order valence-corrected chi connectivity index (χ2v) is 5.98. The predicted molar refractivity (Wildman–Crippen MR) is 95.7 cm³/mol. The molecule has 0 saturated heterocycles. The van der Waals surface area contributed by atoms with Crippen molar-refractivity contribution in [2.75, 3.05) is 0 Å². The van der Waals surface area contributed by atoms with Crippen LogP contribution in [-0.2, 0) is 6.61 Å². The Balaban J connectivity index is 1.82. The Morgan fingerprint density at radius 3 is 2.62 bits per heavy atom. The van der Waals surface area contributed by atoms with Crippen LogP contribution in [0.5, 0.6) is 5.75 Å². The molecule has 130 valence electrons. The maximum absolute atomic E-state index is 13.1. The van der Waals surface area contributed by atoms with Crippen LogP contribution in [0.3, 0.4) is 0 Å². The minimum absolute atomic E-state index is 0.0700. The Bertz CT molecular complexity index is 1110. The molecule has 0 bridgehead atoms. The van der Waals surface area contributed by atoms with Crippen molar-refractivity contribution in [2.24, 2.45) is 0 Å². The van der Waals surface area contributed by atoms with E-state index in [1.807, 2.05) is 13.0 Å². The van der Waals surface area contributed by atoms with E-state index in [-0.39, 0.29) is 29.4 Å². The Morgan fingerprint density at radius 2 is 1.88 bits per heavy atom. The lowest BCUT2D eigenvalue weighted by Crippen LogP contribution is -2.10. The number of aryl methyl sites for hydroxylation is 1. The Kier molecular flexibility index (Phi) is 4.05. The largest absolute Gasteiger partial charge is 0.481 e. The van der Waals surface area contributed by atoms with Gasteiger partial charge in [0.05, 0.1) is 11.6 Å². The number of halogens is 1. The van der Waals surface area contributed by atoms with Crippen molar-refractivity contribution in [3.8, 4) is 17.3 Å². The third-order valence-electron chi connectivity index (χ3n) is 4.05. The summed E-state index contributed by atoms with van der Waals surface area (Å²) in [6.07, 6.45) is 1.50. The molecule has 0 fully saturated rings. The lowest BCUT2D eigenvalue weighted by Gasteiger charge is -2.10. The fourth-order valence-corrected chi connectivity index (χ4v) is 2.72. The van der Waals surface area contributed by atoms with Crippen molar-refractivity contribution in [1.82, 2.24) is 0 Å². The third kappa shape index (κ3) is 2.99. The van der Waals surface area contributed by atoms with Crippen LogP contribution >= 0.6 is 0 Å². The van der Waals surface area contributed by atoms with Gasteiger partial charge in [-0.15, -0.1) is 0 Å². The molecule has 0 atom stereocenters. The highest BCUT2D eigenvalue weighted by Gasteiger charge is 2.19. The van der Waals surface area contributed by atoms with Gasteiger partial charge in [-0.2, -0.15) is 0 Å². The zero-order valence-corrected chi connectivity index (χ0v) is 14.0. The van der Waals surface area contributed by atoms with Gasteiger partial charge in [0.25, 0.3) is 0 Å². The molecule has 0 unspecified atom stereocenters. The van der Waals surface area contributed by atoms with Crippen molar-refractivity contribution in [2.45, 2.75) is 13.5 Å². The van der Waals surface area contributed by atoms with E-state index in [0.717, 1.165) is 11.1 Å². The van der Waals surface area contributed by atoms with Crippen LogP contribution in [-0.4, -0.2) is 0 Å². The van der Waals surface area contributed by atoms with Gasteiger partial charge in [-0.05, 0) is 54.4 Å². The molecule has 2 aromatic heterocycles. The molecule has 4 aromatic rings. The molecular formula is C21H15FO4. The average Bonchev–Trinajstić information content (AvgIpc) is 3.16. The van der Waals surface area contributed by atoms with E-state index in [4.69, 9.17) is 13.6 Å². The van der Waals surface area contributed by atoms with E-state index in [1.165, 1.54) is 18.4 Å². The van der Waals surface area contributed by atoms with Crippen LogP contribution in [0.1, 0.15) is 11.1 Å². The van der Waals surface area contributed by atoms with E-state index in [2.05, 4.69) is 0 Å². The molecule has 0 spiro atoms. The molecule has 0 aliphatic carbocycles. The van der Waals surface area contributed by atoms with E-state index < -0.39 is 0 Å². The molecule has 2 heterocycles. The van der Waals surface area contributed by atoms with Crippen molar-refractivity contribution in [3.05, 3.63) is 88.0 Å². The summed E-state index contributed by atoms with van der Waals surface area (Å²) in [5, 5.41) is 0.431. The van der Waals surface area contributed by atoms with Crippen LogP contribution in [0.2, 0.25) is 0 Å². The first-order valence-electron chi connectivity index (χ1n) is 8.10. The lowest BCUT2D eigenvalue weighted by atomic mass is 10.1. The molecule has 4 rings (SSSR count). The van der Waals surface area contributed by atoms with Crippen molar-refractivity contribution in [3.63, 3.8) is 0 Å². The van der Waals surface area contributed by atoms with Gasteiger partial charge in [0.15, 0.2) is 5.76 Å². The summed E-state index contributed by atoms with van der Waals surface area (Å²) in [7, 11) is 0. The van der Waals surface area contributed by atoms with Gasteiger partial charge in [0, 0.05) is 0 Å². The molecule has 0 N–H and O–H groups in total. The number of fused-ring (bicyclic) bond motifs is 1. The summed E-state index contributed by atoms with van der Waals surface area (Å²) >= 11 is 0. The number of ether oxygens (including phenoxy) is 1. The zero-order valence-electron chi connectivity index (χ0n) is 14.0. The summed E-state index contributed by atoms with van der Waals surface area (Å²) in [4.78, 5) is 12.9. The fourth-order valence-electron chi connectivity index (χ4n) is 2.72. The molecule has 0 aliphatic heterocycles. The fraction of sp³-hybridized carbons (Fsp3) is 0.0952. The monoisotopic (exact) mass is 350 g/mol. The van der Waals surface area contributed by atoms with Gasteiger partial charge in [-0.3, -0.25) is 4.79 Å². The first kappa shape index (κ1) is 16.1. The maximum atomic E-state index is 13.1. The van der Waals surface area contributed by atoms with Gasteiger partial charge in [0.2, 0.25) is 16.9 Å².